The molecule has 0 heterocycles. The molecule has 0 saturated heterocycles. The number of carbonyl (C=O) groups excluding carboxylic acids is 2. The zero-order valence-electron chi connectivity index (χ0n) is 13.9. The van der Waals surface area contributed by atoms with Crippen molar-refractivity contribution in [2.75, 3.05) is 20.3 Å². The summed E-state index contributed by atoms with van der Waals surface area (Å²) in [5, 5.41) is 5.63. The Kier molecular flexibility index (Phi) is 7.68. The third kappa shape index (κ3) is 5.32. The summed E-state index contributed by atoms with van der Waals surface area (Å²) >= 11 is 6.14. The highest BCUT2D eigenvalue weighted by Gasteiger charge is 2.19. The number of benzene rings is 1. The van der Waals surface area contributed by atoms with E-state index in [-0.39, 0.29) is 10.9 Å². The molecule has 2 amide bonds. The van der Waals surface area contributed by atoms with E-state index in [4.69, 9.17) is 21.1 Å². The van der Waals surface area contributed by atoms with Gasteiger partial charge in [-0.3, -0.25) is 9.59 Å². The van der Waals surface area contributed by atoms with E-state index >= 15 is 0 Å². The fourth-order valence-electron chi connectivity index (χ4n) is 1.88. The highest BCUT2D eigenvalue weighted by atomic mass is 35.5. The smallest absolute Gasteiger partial charge is 0.252 e. The average molecular weight is 343 g/mol. The van der Waals surface area contributed by atoms with Crippen LogP contribution in [0.25, 0.3) is 0 Å². The van der Waals surface area contributed by atoms with Gasteiger partial charge >= 0.3 is 0 Å². The maximum Gasteiger partial charge on any atom is 0.252 e. The lowest BCUT2D eigenvalue weighted by atomic mass is 10.1. The Hall–Kier alpha value is -1.95. The summed E-state index contributed by atoms with van der Waals surface area (Å²) in [5.41, 5.74) is 0.297. The molecule has 0 bridgehead atoms. The molecule has 0 radical (unpaired) electrons. The van der Waals surface area contributed by atoms with Crippen LogP contribution in [0.15, 0.2) is 12.1 Å². The Morgan fingerprint density at radius 1 is 1.30 bits per heavy atom. The van der Waals surface area contributed by atoms with Gasteiger partial charge in [-0.1, -0.05) is 18.5 Å². The van der Waals surface area contributed by atoms with Gasteiger partial charge in [-0.25, -0.2) is 0 Å². The van der Waals surface area contributed by atoms with E-state index in [0.29, 0.717) is 30.2 Å². The number of halogens is 1. The molecule has 7 heteroatoms. The first-order valence-corrected chi connectivity index (χ1v) is 7.91. The predicted molar refractivity (Wildman–Crippen MR) is 89.4 cm³/mol. The van der Waals surface area contributed by atoms with Gasteiger partial charge in [0.25, 0.3) is 5.91 Å². The number of ether oxygens (including phenoxy) is 2. The van der Waals surface area contributed by atoms with E-state index in [1.807, 2.05) is 13.8 Å². The van der Waals surface area contributed by atoms with Crippen molar-refractivity contribution in [2.24, 2.45) is 0 Å². The van der Waals surface area contributed by atoms with E-state index in [0.717, 1.165) is 6.42 Å². The minimum atomic E-state index is -0.648. The predicted octanol–water partition coefficient (Wildman–Crippen LogP) is 2.39. The van der Waals surface area contributed by atoms with Crippen molar-refractivity contribution in [1.29, 1.82) is 0 Å². The van der Waals surface area contributed by atoms with Gasteiger partial charge in [0.1, 0.15) is 6.04 Å². The van der Waals surface area contributed by atoms with Crippen LogP contribution in [0.5, 0.6) is 11.5 Å². The molecule has 23 heavy (non-hydrogen) atoms. The SMILES string of the molecule is CCCNC(=O)[C@H](C)NC(=O)c1cc(Cl)c(OCC)c(OC)c1. The molecule has 0 aliphatic carbocycles. The van der Waals surface area contributed by atoms with Gasteiger partial charge in [0, 0.05) is 12.1 Å². The monoisotopic (exact) mass is 342 g/mol. The molecule has 0 saturated carbocycles. The van der Waals surface area contributed by atoms with Crippen LogP contribution < -0.4 is 20.1 Å². The van der Waals surface area contributed by atoms with Crippen LogP contribution in [-0.4, -0.2) is 38.1 Å². The maximum atomic E-state index is 12.3. The zero-order chi connectivity index (χ0) is 17.4. The number of methoxy groups -OCH3 is 1. The summed E-state index contributed by atoms with van der Waals surface area (Å²) in [6, 6.07) is 2.37. The second-order valence-electron chi connectivity index (χ2n) is 4.91. The molecule has 128 valence electrons. The number of carbonyl (C=O) groups is 2. The number of nitrogens with one attached hydrogen (secondary N) is 2. The first kappa shape index (κ1) is 19.1. The van der Waals surface area contributed by atoms with Crippen LogP contribution in [0, 0.1) is 0 Å². The third-order valence-electron chi connectivity index (χ3n) is 3.07. The maximum absolute atomic E-state index is 12.3. The lowest BCUT2D eigenvalue weighted by molar-refractivity contribution is -0.122. The molecule has 6 nitrogen and oxygen atoms in total. The van der Waals surface area contributed by atoms with E-state index in [1.54, 1.807) is 6.92 Å². The van der Waals surface area contributed by atoms with Crippen molar-refractivity contribution in [3.8, 4) is 11.5 Å². The second-order valence-corrected chi connectivity index (χ2v) is 5.32. The van der Waals surface area contributed by atoms with Crippen LogP contribution in [0.4, 0.5) is 0 Å². The zero-order valence-corrected chi connectivity index (χ0v) is 14.6. The van der Waals surface area contributed by atoms with E-state index < -0.39 is 11.9 Å². The van der Waals surface area contributed by atoms with Gasteiger partial charge in [-0.2, -0.15) is 0 Å². The highest BCUT2D eigenvalue weighted by Crippen LogP contribution is 2.36. The Balaban J connectivity index is 2.87. The highest BCUT2D eigenvalue weighted by molar-refractivity contribution is 6.32. The van der Waals surface area contributed by atoms with Gasteiger partial charge in [0.05, 0.1) is 18.7 Å². The van der Waals surface area contributed by atoms with Crippen LogP contribution in [0.3, 0.4) is 0 Å². The van der Waals surface area contributed by atoms with Crippen LogP contribution >= 0.6 is 11.6 Å². The van der Waals surface area contributed by atoms with Crippen LogP contribution in [0.1, 0.15) is 37.6 Å². The van der Waals surface area contributed by atoms with Crippen molar-refractivity contribution in [3.63, 3.8) is 0 Å². The number of amides is 2. The van der Waals surface area contributed by atoms with Crippen molar-refractivity contribution >= 4 is 23.4 Å². The Morgan fingerprint density at radius 3 is 2.57 bits per heavy atom. The largest absolute Gasteiger partial charge is 0.493 e. The van der Waals surface area contributed by atoms with Gasteiger partial charge < -0.3 is 20.1 Å². The van der Waals surface area contributed by atoms with Crippen molar-refractivity contribution < 1.29 is 19.1 Å². The topological polar surface area (TPSA) is 76.7 Å². The normalized spacial score (nSPS) is 11.5. The molecule has 1 aromatic rings. The molecular weight excluding hydrogens is 320 g/mol. The van der Waals surface area contributed by atoms with Gasteiger partial charge in [-0.05, 0) is 32.4 Å². The summed E-state index contributed by atoms with van der Waals surface area (Å²) < 4.78 is 10.6. The fraction of sp³-hybridized carbons (Fsp3) is 0.500. The molecule has 0 aliphatic heterocycles. The van der Waals surface area contributed by atoms with E-state index in [1.165, 1.54) is 19.2 Å². The quantitative estimate of drug-likeness (QED) is 0.760. The van der Waals surface area contributed by atoms with E-state index in [2.05, 4.69) is 10.6 Å². The third-order valence-corrected chi connectivity index (χ3v) is 3.35. The molecule has 1 aromatic carbocycles. The summed E-state index contributed by atoms with van der Waals surface area (Å²) in [5.74, 6) is 0.117. The van der Waals surface area contributed by atoms with Crippen molar-refractivity contribution in [2.45, 2.75) is 33.2 Å². The van der Waals surface area contributed by atoms with Gasteiger partial charge in [0.2, 0.25) is 5.91 Å². The van der Waals surface area contributed by atoms with E-state index in [9.17, 15) is 9.59 Å². The Bertz CT molecular complexity index is 563. The van der Waals surface area contributed by atoms with Crippen molar-refractivity contribution in [3.05, 3.63) is 22.7 Å². The number of hydrogen-bond donors (Lipinski definition) is 2. The molecule has 2 N–H and O–H groups in total. The standard InChI is InChI=1S/C16H23ClN2O4/c1-5-7-18-15(20)10(3)19-16(21)11-8-12(17)14(23-6-2)13(9-11)22-4/h8-10H,5-7H2,1-4H3,(H,18,20)(H,19,21)/t10-/m0/s1. The van der Waals surface area contributed by atoms with Crippen LogP contribution in [-0.2, 0) is 4.79 Å². The number of rotatable bonds is 8. The summed E-state index contributed by atoms with van der Waals surface area (Å²) in [6.07, 6.45) is 0.831. The lowest BCUT2D eigenvalue weighted by Crippen LogP contribution is -2.45. The molecule has 0 spiro atoms. The second kappa shape index (κ2) is 9.25. The molecular formula is C16H23ClN2O4. The summed E-state index contributed by atoms with van der Waals surface area (Å²) in [6.45, 7) is 6.40. The van der Waals surface area contributed by atoms with Gasteiger partial charge in [0.15, 0.2) is 11.5 Å². The summed E-state index contributed by atoms with van der Waals surface area (Å²) in [4.78, 5) is 24.1. The fourth-order valence-corrected chi connectivity index (χ4v) is 2.15. The molecule has 0 aliphatic rings. The molecule has 1 rings (SSSR count). The van der Waals surface area contributed by atoms with Crippen LogP contribution in [0.2, 0.25) is 5.02 Å². The van der Waals surface area contributed by atoms with Crippen molar-refractivity contribution in [1.82, 2.24) is 10.6 Å². The Morgan fingerprint density at radius 2 is 2.00 bits per heavy atom. The lowest BCUT2D eigenvalue weighted by Gasteiger charge is -2.16. The molecule has 1 atom stereocenters. The first-order chi connectivity index (χ1) is 10.9. The molecule has 0 unspecified atom stereocenters. The summed E-state index contributed by atoms with van der Waals surface area (Å²) in [7, 11) is 1.47. The minimum absolute atomic E-state index is 0.232. The first-order valence-electron chi connectivity index (χ1n) is 7.53. The minimum Gasteiger partial charge on any atom is -0.493 e. The Labute approximate surface area is 141 Å². The van der Waals surface area contributed by atoms with Gasteiger partial charge in [-0.15, -0.1) is 0 Å². The molecule has 0 fully saturated rings. The average Bonchev–Trinajstić information content (AvgIpc) is 2.53. The molecule has 0 aromatic heterocycles. The number of hydrogen-bond acceptors (Lipinski definition) is 4.